The Morgan fingerprint density at radius 1 is 0.963 bits per heavy atom. The molecule has 1 amide bonds. The van der Waals surface area contributed by atoms with E-state index >= 15 is 0 Å². The van der Waals surface area contributed by atoms with E-state index in [1.54, 1.807) is 6.07 Å². The van der Waals surface area contributed by atoms with Crippen molar-refractivity contribution in [1.29, 1.82) is 0 Å². The molecule has 140 valence electrons. The van der Waals surface area contributed by atoms with E-state index in [2.05, 4.69) is 4.90 Å². The predicted octanol–water partition coefficient (Wildman–Crippen LogP) is 3.28. The highest BCUT2D eigenvalue weighted by atomic mass is 16.4. The molecule has 1 atom stereocenters. The molecule has 2 heterocycles. The summed E-state index contributed by atoms with van der Waals surface area (Å²) in [5.41, 5.74) is 3.42. The highest BCUT2D eigenvalue weighted by Crippen LogP contribution is 2.26. The standard InChI is InChI=1S/C22H24N2O3/c1-15-4-6-16(7-5-15)17-11-18(13-19(12-17)22(26)27)21(25)24-10-9-23-8-2-3-20(23)14-24/h4-7,11-13,20H,2-3,8-10,14H2,1H3,(H,26,27). The molecule has 2 aromatic rings. The number of carbonyl (C=O) groups is 2. The van der Waals surface area contributed by atoms with Gasteiger partial charge in [0.05, 0.1) is 5.56 Å². The van der Waals surface area contributed by atoms with Gasteiger partial charge in [0.15, 0.2) is 0 Å². The second-order valence-electron chi connectivity index (χ2n) is 7.55. The maximum Gasteiger partial charge on any atom is 0.335 e. The number of aromatic carboxylic acids is 1. The van der Waals surface area contributed by atoms with Gasteiger partial charge in [-0.2, -0.15) is 0 Å². The zero-order valence-electron chi connectivity index (χ0n) is 15.5. The van der Waals surface area contributed by atoms with Crippen molar-refractivity contribution in [2.75, 3.05) is 26.2 Å². The Kier molecular flexibility index (Phi) is 4.70. The van der Waals surface area contributed by atoms with Gasteiger partial charge in [0, 0.05) is 31.2 Å². The number of piperazine rings is 1. The molecule has 2 fully saturated rings. The largest absolute Gasteiger partial charge is 0.478 e. The Balaban J connectivity index is 1.66. The van der Waals surface area contributed by atoms with Crippen molar-refractivity contribution in [1.82, 2.24) is 9.80 Å². The molecule has 27 heavy (non-hydrogen) atoms. The Bertz CT molecular complexity index is 876. The molecule has 4 rings (SSSR count). The van der Waals surface area contributed by atoms with E-state index in [9.17, 15) is 14.7 Å². The SMILES string of the molecule is Cc1ccc(-c2cc(C(=O)O)cc(C(=O)N3CCN4CCCC4C3)c2)cc1. The molecule has 0 aliphatic carbocycles. The number of fused-ring (bicyclic) bond motifs is 1. The van der Waals surface area contributed by atoms with Gasteiger partial charge in [-0.15, -0.1) is 0 Å². The van der Waals surface area contributed by atoms with Crippen LogP contribution in [0.4, 0.5) is 0 Å². The minimum atomic E-state index is -1.02. The second-order valence-corrected chi connectivity index (χ2v) is 7.55. The number of hydrogen-bond acceptors (Lipinski definition) is 3. The molecule has 2 saturated heterocycles. The number of rotatable bonds is 3. The van der Waals surface area contributed by atoms with Gasteiger partial charge >= 0.3 is 5.97 Å². The number of carbonyl (C=O) groups excluding carboxylic acids is 1. The third-order valence-electron chi connectivity index (χ3n) is 5.69. The van der Waals surface area contributed by atoms with Gasteiger partial charge in [-0.25, -0.2) is 4.79 Å². The number of hydrogen-bond donors (Lipinski definition) is 1. The van der Waals surface area contributed by atoms with E-state index in [4.69, 9.17) is 0 Å². The van der Waals surface area contributed by atoms with Crippen LogP contribution in [0.15, 0.2) is 42.5 Å². The average molecular weight is 364 g/mol. The summed E-state index contributed by atoms with van der Waals surface area (Å²) in [6.07, 6.45) is 2.33. The van der Waals surface area contributed by atoms with Crippen LogP contribution in [0.2, 0.25) is 0 Å². The van der Waals surface area contributed by atoms with Gasteiger partial charge in [-0.1, -0.05) is 29.8 Å². The van der Waals surface area contributed by atoms with E-state index in [-0.39, 0.29) is 11.5 Å². The third kappa shape index (κ3) is 3.60. The number of carboxylic acids is 1. The van der Waals surface area contributed by atoms with Crippen LogP contribution in [-0.4, -0.2) is 59.0 Å². The molecule has 5 nitrogen and oxygen atoms in total. The fourth-order valence-corrected chi connectivity index (χ4v) is 4.15. The molecule has 2 aromatic carbocycles. The molecule has 0 spiro atoms. The molecule has 0 radical (unpaired) electrons. The van der Waals surface area contributed by atoms with Crippen molar-refractivity contribution in [3.63, 3.8) is 0 Å². The van der Waals surface area contributed by atoms with Crippen LogP contribution in [0, 0.1) is 6.92 Å². The number of amides is 1. The van der Waals surface area contributed by atoms with Gasteiger partial charge < -0.3 is 10.0 Å². The molecule has 1 N–H and O–H groups in total. The highest BCUT2D eigenvalue weighted by Gasteiger charge is 2.33. The second kappa shape index (κ2) is 7.16. The predicted molar refractivity (Wildman–Crippen MR) is 104 cm³/mol. The summed E-state index contributed by atoms with van der Waals surface area (Å²) in [5.74, 6) is -1.09. The van der Waals surface area contributed by atoms with Gasteiger partial charge in [0.1, 0.15) is 0 Å². The number of nitrogens with zero attached hydrogens (tertiary/aromatic N) is 2. The maximum absolute atomic E-state index is 13.1. The lowest BCUT2D eigenvalue weighted by Crippen LogP contribution is -2.52. The lowest BCUT2D eigenvalue weighted by atomic mass is 9.98. The fraction of sp³-hybridized carbons (Fsp3) is 0.364. The molecule has 2 aliphatic heterocycles. The molecular formula is C22H24N2O3. The summed E-state index contributed by atoms with van der Waals surface area (Å²) in [7, 11) is 0. The van der Waals surface area contributed by atoms with E-state index < -0.39 is 5.97 Å². The number of aryl methyl sites for hydroxylation is 1. The Labute approximate surface area is 159 Å². The van der Waals surface area contributed by atoms with E-state index in [1.807, 2.05) is 42.2 Å². The first-order chi connectivity index (χ1) is 13.0. The molecule has 1 unspecified atom stereocenters. The highest BCUT2D eigenvalue weighted by molar-refractivity contribution is 5.99. The van der Waals surface area contributed by atoms with Crippen molar-refractivity contribution in [3.8, 4) is 11.1 Å². The van der Waals surface area contributed by atoms with Crippen LogP contribution in [0.5, 0.6) is 0 Å². The van der Waals surface area contributed by atoms with Crippen LogP contribution >= 0.6 is 0 Å². The number of carboxylic acid groups (broad SMARTS) is 1. The Morgan fingerprint density at radius 2 is 1.70 bits per heavy atom. The van der Waals surface area contributed by atoms with E-state index in [0.29, 0.717) is 18.2 Å². The lowest BCUT2D eigenvalue weighted by Gasteiger charge is -2.37. The van der Waals surface area contributed by atoms with E-state index in [0.717, 1.165) is 42.7 Å². The van der Waals surface area contributed by atoms with Gasteiger partial charge in [0.25, 0.3) is 5.91 Å². The summed E-state index contributed by atoms with van der Waals surface area (Å²) >= 11 is 0. The van der Waals surface area contributed by atoms with Crippen molar-refractivity contribution in [3.05, 3.63) is 59.2 Å². The lowest BCUT2D eigenvalue weighted by molar-refractivity contribution is 0.0571. The number of benzene rings is 2. The van der Waals surface area contributed by atoms with Crippen LogP contribution in [0.25, 0.3) is 11.1 Å². The van der Waals surface area contributed by atoms with Gasteiger partial charge in [0.2, 0.25) is 0 Å². The first-order valence-electron chi connectivity index (χ1n) is 9.50. The quantitative estimate of drug-likeness (QED) is 0.908. The van der Waals surface area contributed by atoms with Gasteiger partial charge in [-0.05, 0) is 55.6 Å². The summed E-state index contributed by atoms with van der Waals surface area (Å²) in [5, 5.41) is 9.51. The molecule has 0 saturated carbocycles. The van der Waals surface area contributed by atoms with E-state index in [1.165, 1.54) is 12.5 Å². The molecule has 5 heteroatoms. The smallest absolute Gasteiger partial charge is 0.335 e. The average Bonchev–Trinajstić information content (AvgIpc) is 3.15. The van der Waals surface area contributed by atoms with Crippen LogP contribution in [0.3, 0.4) is 0 Å². The van der Waals surface area contributed by atoms with Crippen LogP contribution < -0.4 is 0 Å². The normalized spacial score (nSPS) is 19.7. The molecule has 0 aromatic heterocycles. The summed E-state index contributed by atoms with van der Waals surface area (Å²) < 4.78 is 0. The Morgan fingerprint density at radius 3 is 2.44 bits per heavy atom. The third-order valence-corrected chi connectivity index (χ3v) is 5.69. The minimum absolute atomic E-state index is 0.0713. The van der Waals surface area contributed by atoms with Crippen molar-refractivity contribution < 1.29 is 14.7 Å². The minimum Gasteiger partial charge on any atom is -0.478 e. The zero-order chi connectivity index (χ0) is 19.0. The van der Waals surface area contributed by atoms with Crippen molar-refractivity contribution in [2.24, 2.45) is 0 Å². The monoisotopic (exact) mass is 364 g/mol. The van der Waals surface area contributed by atoms with Crippen LogP contribution in [-0.2, 0) is 0 Å². The first kappa shape index (κ1) is 17.7. The topological polar surface area (TPSA) is 60.9 Å². The van der Waals surface area contributed by atoms with Crippen LogP contribution in [0.1, 0.15) is 39.1 Å². The van der Waals surface area contributed by atoms with Crippen molar-refractivity contribution in [2.45, 2.75) is 25.8 Å². The zero-order valence-corrected chi connectivity index (χ0v) is 15.5. The summed E-state index contributed by atoms with van der Waals surface area (Å²) in [6.45, 7) is 5.47. The summed E-state index contributed by atoms with van der Waals surface area (Å²) in [6, 6.07) is 13.3. The molecular weight excluding hydrogens is 340 g/mol. The van der Waals surface area contributed by atoms with Gasteiger partial charge in [-0.3, -0.25) is 9.69 Å². The molecule has 0 bridgehead atoms. The fourth-order valence-electron chi connectivity index (χ4n) is 4.15. The maximum atomic E-state index is 13.1. The Hall–Kier alpha value is -2.66. The summed E-state index contributed by atoms with van der Waals surface area (Å²) in [4.78, 5) is 29.1. The first-order valence-corrected chi connectivity index (χ1v) is 9.50. The molecule has 2 aliphatic rings. The van der Waals surface area contributed by atoms with Crippen molar-refractivity contribution >= 4 is 11.9 Å².